The summed E-state index contributed by atoms with van der Waals surface area (Å²) in [5.41, 5.74) is 1.02. The highest BCUT2D eigenvalue weighted by Crippen LogP contribution is 2.24. The summed E-state index contributed by atoms with van der Waals surface area (Å²) in [5, 5.41) is 14.9. The van der Waals surface area contributed by atoms with Crippen molar-refractivity contribution in [2.24, 2.45) is 0 Å². The molecular formula is C24H24N4O5. The lowest BCUT2D eigenvalue weighted by molar-refractivity contribution is 0.0629. The number of fused-ring (bicyclic) bond motifs is 1. The zero-order valence-electron chi connectivity index (χ0n) is 18.3. The summed E-state index contributed by atoms with van der Waals surface area (Å²) in [4.78, 5) is 40.0. The first-order valence-electron chi connectivity index (χ1n) is 10.4. The van der Waals surface area contributed by atoms with Crippen LogP contribution >= 0.6 is 0 Å². The largest absolute Gasteiger partial charge is 0.502 e. The lowest BCUT2D eigenvalue weighted by Crippen LogP contribution is -2.53. The minimum Gasteiger partial charge on any atom is -0.502 e. The third-order valence-corrected chi connectivity index (χ3v) is 5.44. The van der Waals surface area contributed by atoms with Gasteiger partial charge < -0.3 is 20.1 Å². The van der Waals surface area contributed by atoms with Gasteiger partial charge in [-0.1, -0.05) is 42.5 Å². The Bertz CT molecular complexity index is 1260. The Labute approximate surface area is 190 Å². The van der Waals surface area contributed by atoms with Gasteiger partial charge in [-0.2, -0.15) is 0 Å². The van der Waals surface area contributed by atoms with E-state index in [0.717, 1.165) is 11.1 Å². The van der Waals surface area contributed by atoms with Crippen molar-refractivity contribution in [2.45, 2.75) is 0 Å². The second kappa shape index (κ2) is 9.17. The maximum absolute atomic E-state index is 12.9. The second-order valence-corrected chi connectivity index (χ2v) is 7.68. The number of amides is 2. The fraction of sp³-hybridized carbons (Fsp3) is 0.208. The number of pyridine rings is 1. The molecule has 0 saturated heterocycles. The highest BCUT2D eigenvalue weighted by atomic mass is 16.5. The van der Waals surface area contributed by atoms with Gasteiger partial charge in [-0.25, -0.2) is 0 Å². The second-order valence-electron chi connectivity index (χ2n) is 7.68. The summed E-state index contributed by atoms with van der Waals surface area (Å²) in [5.74, 6) is -1.96. The van der Waals surface area contributed by atoms with Crippen molar-refractivity contribution in [1.29, 1.82) is 0 Å². The topological polar surface area (TPSA) is 104 Å². The third kappa shape index (κ3) is 4.31. The fourth-order valence-electron chi connectivity index (χ4n) is 3.73. The van der Waals surface area contributed by atoms with Gasteiger partial charge in [-0.15, -0.1) is 0 Å². The van der Waals surface area contributed by atoms with Crippen LogP contribution in [0.15, 0.2) is 65.6 Å². The smallest absolute Gasteiger partial charge is 0.277 e. The Morgan fingerprint density at radius 3 is 2.55 bits per heavy atom. The Morgan fingerprint density at radius 1 is 1.09 bits per heavy atom. The molecule has 0 spiro atoms. The van der Waals surface area contributed by atoms with Gasteiger partial charge in [0.25, 0.3) is 11.8 Å². The van der Waals surface area contributed by atoms with Crippen molar-refractivity contribution in [3.63, 3.8) is 0 Å². The van der Waals surface area contributed by atoms with E-state index in [1.165, 1.54) is 22.9 Å². The summed E-state index contributed by atoms with van der Waals surface area (Å²) < 4.78 is 6.35. The number of nitrogens with one attached hydrogen (secondary N) is 1. The molecule has 1 aliphatic rings. The van der Waals surface area contributed by atoms with Crippen LogP contribution in [0.3, 0.4) is 0 Å². The fourth-order valence-corrected chi connectivity index (χ4v) is 3.73. The van der Waals surface area contributed by atoms with Gasteiger partial charge in [0.2, 0.25) is 5.43 Å². The summed E-state index contributed by atoms with van der Waals surface area (Å²) >= 11 is 0. The standard InChI is InChI=1S/C24H24N4O5/c1-26-15-27(11-12-33-2)24(32)20-22(30)21(29)19(14-28(20)26)23(31)25-18-10-6-9-17(13-18)16-7-4-3-5-8-16/h3-10,13-14,30H,11-12,15H2,1-2H3,(H,25,31). The number of nitrogens with zero attached hydrogens (tertiary/aromatic N) is 3. The number of methoxy groups -OCH3 is 1. The normalized spacial score (nSPS) is 13.1. The predicted molar refractivity (Wildman–Crippen MR) is 124 cm³/mol. The lowest BCUT2D eigenvalue weighted by atomic mass is 10.1. The Hall–Kier alpha value is -4.11. The average molecular weight is 448 g/mol. The molecule has 3 aromatic rings. The number of carbonyl (C=O) groups is 2. The van der Waals surface area contributed by atoms with Gasteiger partial charge in [-0.05, 0) is 23.3 Å². The Morgan fingerprint density at radius 2 is 1.82 bits per heavy atom. The Kier molecular flexibility index (Phi) is 6.14. The van der Waals surface area contributed by atoms with Crippen molar-refractivity contribution in [2.75, 3.05) is 44.3 Å². The van der Waals surface area contributed by atoms with Crippen molar-refractivity contribution in [1.82, 2.24) is 9.58 Å². The molecule has 2 heterocycles. The summed E-state index contributed by atoms with van der Waals surface area (Å²) in [7, 11) is 3.21. The van der Waals surface area contributed by atoms with Crippen LogP contribution in [0.25, 0.3) is 11.1 Å². The van der Waals surface area contributed by atoms with E-state index in [2.05, 4.69) is 5.32 Å². The quantitative estimate of drug-likeness (QED) is 0.599. The van der Waals surface area contributed by atoms with E-state index in [0.29, 0.717) is 18.8 Å². The molecule has 0 fully saturated rings. The molecule has 0 aliphatic carbocycles. The van der Waals surface area contributed by atoms with Crippen LogP contribution < -0.4 is 15.8 Å². The van der Waals surface area contributed by atoms with E-state index in [4.69, 9.17) is 4.74 Å². The van der Waals surface area contributed by atoms with Gasteiger partial charge in [0.05, 0.1) is 6.61 Å². The molecule has 0 atom stereocenters. The number of hydrogen-bond acceptors (Lipinski definition) is 6. The number of rotatable bonds is 6. The van der Waals surface area contributed by atoms with Gasteiger partial charge >= 0.3 is 0 Å². The molecule has 4 rings (SSSR count). The highest BCUT2D eigenvalue weighted by molar-refractivity contribution is 6.05. The molecule has 9 nitrogen and oxygen atoms in total. The molecule has 1 aromatic heterocycles. The van der Waals surface area contributed by atoms with E-state index in [1.54, 1.807) is 30.3 Å². The molecule has 2 N–H and O–H groups in total. The van der Waals surface area contributed by atoms with Crippen LogP contribution in [0, 0.1) is 0 Å². The monoisotopic (exact) mass is 448 g/mol. The number of anilines is 1. The molecule has 2 aromatic carbocycles. The number of hydrogen-bond donors (Lipinski definition) is 2. The molecule has 0 radical (unpaired) electrons. The first kappa shape index (κ1) is 22.1. The molecule has 2 amide bonds. The number of ether oxygens (including phenoxy) is 1. The molecular weight excluding hydrogens is 424 g/mol. The van der Waals surface area contributed by atoms with E-state index >= 15 is 0 Å². The average Bonchev–Trinajstić information content (AvgIpc) is 2.82. The van der Waals surface area contributed by atoms with Gasteiger partial charge in [0, 0.05) is 32.6 Å². The molecule has 33 heavy (non-hydrogen) atoms. The summed E-state index contributed by atoms with van der Waals surface area (Å²) in [6, 6.07) is 16.9. The molecule has 9 heteroatoms. The predicted octanol–water partition coefficient (Wildman–Crippen LogP) is 2.10. The van der Waals surface area contributed by atoms with Crippen LogP contribution in [0.4, 0.5) is 5.69 Å². The van der Waals surface area contributed by atoms with Gasteiger partial charge in [-0.3, -0.25) is 24.1 Å². The molecule has 1 aliphatic heterocycles. The van der Waals surface area contributed by atoms with Crippen molar-refractivity contribution >= 4 is 17.5 Å². The van der Waals surface area contributed by atoms with E-state index in [9.17, 15) is 19.5 Å². The summed E-state index contributed by atoms with van der Waals surface area (Å²) in [6.45, 7) is 0.818. The van der Waals surface area contributed by atoms with E-state index in [-0.39, 0.29) is 17.9 Å². The maximum atomic E-state index is 12.9. The van der Waals surface area contributed by atoms with Crippen LogP contribution in [0.2, 0.25) is 0 Å². The molecule has 0 saturated carbocycles. The number of aromatic hydroxyl groups is 1. The van der Waals surface area contributed by atoms with Crippen LogP contribution in [0.5, 0.6) is 5.75 Å². The number of benzene rings is 2. The first-order valence-corrected chi connectivity index (χ1v) is 10.4. The molecule has 0 unspecified atom stereocenters. The maximum Gasteiger partial charge on any atom is 0.277 e. The van der Waals surface area contributed by atoms with Crippen molar-refractivity contribution in [3.8, 4) is 16.9 Å². The highest BCUT2D eigenvalue weighted by Gasteiger charge is 2.33. The summed E-state index contributed by atoms with van der Waals surface area (Å²) in [6.07, 6.45) is 1.28. The van der Waals surface area contributed by atoms with Crippen molar-refractivity contribution < 1.29 is 19.4 Å². The van der Waals surface area contributed by atoms with Gasteiger partial charge in [0.1, 0.15) is 12.2 Å². The van der Waals surface area contributed by atoms with Crippen LogP contribution in [0.1, 0.15) is 20.8 Å². The SMILES string of the molecule is COCCN1CN(C)n2cc(C(=O)Nc3cccc(-c4ccccc4)c3)c(=O)c(O)c2C1=O. The Balaban J connectivity index is 1.64. The lowest BCUT2D eigenvalue weighted by Gasteiger charge is -2.37. The van der Waals surface area contributed by atoms with Crippen LogP contribution in [-0.4, -0.2) is 60.5 Å². The zero-order valence-corrected chi connectivity index (χ0v) is 18.3. The minimum atomic E-state index is -0.909. The van der Waals surface area contributed by atoms with Gasteiger partial charge in [0.15, 0.2) is 11.4 Å². The zero-order chi connectivity index (χ0) is 23.5. The van der Waals surface area contributed by atoms with Crippen molar-refractivity contribution in [3.05, 3.63) is 82.3 Å². The minimum absolute atomic E-state index is 0.188. The number of aromatic nitrogens is 1. The molecule has 0 bridgehead atoms. The third-order valence-electron chi connectivity index (χ3n) is 5.44. The van der Waals surface area contributed by atoms with E-state index in [1.807, 2.05) is 36.4 Å². The first-order chi connectivity index (χ1) is 15.9. The molecule has 170 valence electrons. The van der Waals surface area contributed by atoms with Crippen LogP contribution in [-0.2, 0) is 4.74 Å². The van der Waals surface area contributed by atoms with E-state index < -0.39 is 23.0 Å². The number of carbonyl (C=O) groups excluding carboxylic acids is 2.